The lowest BCUT2D eigenvalue weighted by atomic mass is 10.1. The third kappa shape index (κ3) is 3.16. The van der Waals surface area contributed by atoms with Crippen molar-refractivity contribution >= 4 is 5.82 Å². The first-order valence-corrected chi connectivity index (χ1v) is 7.10. The number of hydrogen-bond donors (Lipinski definition) is 0. The molecule has 21 heavy (non-hydrogen) atoms. The van der Waals surface area contributed by atoms with E-state index in [0.717, 1.165) is 41.9 Å². The van der Waals surface area contributed by atoms with Crippen molar-refractivity contribution in [1.82, 2.24) is 19.9 Å². The molecule has 1 saturated heterocycles. The van der Waals surface area contributed by atoms with Crippen LogP contribution in [0.3, 0.4) is 0 Å². The van der Waals surface area contributed by atoms with E-state index in [0.29, 0.717) is 6.61 Å². The number of aryl methyl sites for hydroxylation is 3. The summed E-state index contributed by atoms with van der Waals surface area (Å²) in [5.74, 6) is 2.51. The maximum atomic E-state index is 5.88. The van der Waals surface area contributed by atoms with Crippen molar-refractivity contribution in [3.05, 3.63) is 41.4 Å². The summed E-state index contributed by atoms with van der Waals surface area (Å²) in [4.78, 5) is 19.7. The smallest absolute Gasteiger partial charge is 0.132 e. The van der Waals surface area contributed by atoms with Gasteiger partial charge in [-0.25, -0.2) is 19.9 Å². The van der Waals surface area contributed by atoms with Crippen LogP contribution in [0.4, 0.5) is 5.82 Å². The van der Waals surface area contributed by atoms with Crippen LogP contribution in [0.15, 0.2) is 18.3 Å². The molecular weight excluding hydrogens is 266 g/mol. The number of anilines is 1. The van der Waals surface area contributed by atoms with Gasteiger partial charge in [0.25, 0.3) is 0 Å². The summed E-state index contributed by atoms with van der Waals surface area (Å²) >= 11 is 0. The van der Waals surface area contributed by atoms with E-state index in [1.54, 1.807) is 6.20 Å². The van der Waals surface area contributed by atoms with Crippen LogP contribution in [0, 0.1) is 20.8 Å². The van der Waals surface area contributed by atoms with Gasteiger partial charge in [-0.15, -0.1) is 0 Å². The van der Waals surface area contributed by atoms with Gasteiger partial charge in [-0.2, -0.15) is 0 Å². The molecule has 1 atom stereocenters. The largest absolute Gasteiger partial charge is 0.368 e. The van der Waals surface area contributed by atoms with Gasteiger partial charge in [-0.3, -0.25) is 0 Å². The van der Waals surface area contributed by atoms with E-state index in [4.69, 9.17) is 4.74 Å². The molecule has 1 aliphatic heterocycles. The Labute approximate surface area is 124 Å². The summed E-state index contributed by atoms with van der Waals surface area (Å²) in [6, 6.07) is 3.93. The van der Waals surface area contributed by atoms with Crippen molar-refractivity contribution in [2.45, 2.75) is 26.9 Å². The number of morpholine rings is 1. The van der Waals surface area contributed by atoms with E-state index >= 15 is 0 Å². The van der Waals surface area contributed by atoms with Crippen molar-refractivity contribution in [2.24, 2.45) is 0 Å². The fourth-order valence-corrected chi connectivity index (χ4v) is 2.57. The Morgan fingerprint density at radius 2 is 2.00 bits per heavy atom. The van der Waals surface area contributed by atoms with E-state index in [1.807, 2.05) is 32.9 Å². The highest BCUT2D eigenvalue weighted by atomic mass is 16.5. The summed E-state index contributed by atoms with van der Waals surface area (Å²) in [5, 5.41) is 0. The molecule has 1 aliphatic rings. The van der Waals surface area contributed by atoms with Gasteiger partial charge in [0.1, 0.15) is 23.6 Å². The zero-order chi connectivity index (χ0) is 14.8. The highest BCUT2D eigenvalue weighted by molar-refractivity contribution is 5.38. The van der Waals surface area contributed by atoms with Crippen molar-refractivity contribution in [1.29, 1.82) is 0 Å². The highest BCUT2D eigenvalue weighted by Gasteiger charge is 2.24. The standard InChI is InChI=1S/C15H19N5O/c1-10-8-13(18-12(3)17-10)14-9-20(6-7-21-14)15-4-5-16-11(2)19-15/h4-5,8,14H,6-7,9H2,1-3H3. The molecule has 2 aromatic rings. The predicted molar refractivity (Wildman–Crippen MR) is 79.2 cm³/mol. The highest BCUT2D eigenvalue weighted by Crippen LogP contribution is 2.24. The Morgan fingerprint density at radius 1 is 1.14 bits per heavy atom. The van der Waals surface area contributed by atoms with Crippen LogP contribution >= 0.6 is 0 Å². The Bertz CT molecular complexity index is 625. The quantitative estimate of drug-likeness (QED) is 0.838. The molecule has 0 amide bonds. The molecule has 110 valence electrons. The second-order valence-electron chi connectivity index (χ2n) is 5.25. The number of nitrogens with zero attached hydrogens (tertiary/aromatic N) is 5. The Balaban J connectivity index is 1.82. The van der Waals surface area contributed by atoms with Crippen LogP contribution in [-0.4, -0.2) is 39.6 Å². The van der Waals surface area contributed by atoms with E-state index in [1.165, 1.54) is 0 Å². The molecule has 6 heteroatoms. The van der Waals surface area contributed by atoms with E-state index in [2.05, 4.69) is 24.8 Å². The Hall–Kier alpha value is -2.08. The lowest BCUT2D eigenvalue weighted by Crippen LogP contribution is -2.39. The number of rotatable bonds is 2. The summed E-state index contributed by atoms with van der Waals surface area (Å²) in [6.07, 6.45) is 1.75. The maximum absolute atomic E-state index is 5.88. The minimum Gasteiger partial charge on any atom is -0.368 e. The molecule has 0 saturated carbocycles. The topological polar surface area (TPSA) is 64.0 Å². The number of hydrogen-bond acceptors (Lipinski definition) is 6. The van der Waals surface area contributed by atoms with Crippen LogP contribution in [-0.2, 0) is 4.74 Å². The van der Waals surface area contributed by atoms with Gasteiger partial charge in [-0.05, 0) is 32.9 Å². The molecular formula is C15H19N5O. The van der Waals surface area contributed by atoms with Crippen LogP contribution in [0.1, 0.15) is 29.1 Å². The van der Waals surface area contributed by atoms with E-state index in [-0.39, 0.29) is 6.10 Å². The first-order chi connectivity index (χ1) is 10.1. The van der Waals surface area contributed by atoms with Crippen molar-refractivity contribution in [3.8, 4) is 0 Å². The van der Waals surface area contributed by atoms with E-state index in [9.17, 15) is 0 Å². The fourth-order valence-electron chi connectivity index (χ4n) is 2.57. The average molecular weight is 285 g/mol. The van der Waals surface area contributed by atoms with Gasteiger partial charge in [0.15, 0.2) is 0 Å². The van der Waals surface area contributed by atoms with Crippen molar-refractivity contribution in [3.63, 3.8) is 0 Å². The summed E-state index contributed by atoms with van der Waals surface area (Å²) in [5.41, 5.74) is 1.91. The minimum absolute atomic E-state index is 0.0468. The van der Waals surface area contributed by atoms with Gasteiger partial charge >= 0.3 is 0 Å². The number of aromatic nitrogens is 4. The van der Waals surface area contributed by atoms with Crippen LogP contribution < -0.4 is 4.90 Å². The van der Waals surface area contributed by atoms with Gasteiger partial charge < -0.3 is 9.64 Å². The Kier molecular flexibility index (Phi) is 3.79. The molecule has 0 bridgehead atoms. The molecule has 2 aromatic heterocycles. The molecule has 1 unspecified atom stereocenters. The second-order valence-corrected chi connectivity index (χ2v) is 5.25. The predicted octanol–water partition coefficient (Wildman–Crippen LogP) is 1.77. The molecule has 3 heterocycles. The van der Waals surface area contributed by atoms with Gasteiger partial charge in [0.05, 0.1) is 18.8 Å². The zero-order valence-electron chi connectivity index (χ0n) is 12.6. The lowest BCUT2D eigenvalue weighted by Gasteiger charge is -2.33. The molecule has 1 fully saturated rings. The monoisotopic (exact) mass is 285 g/mol. The van der Waals surface area contributed by atoms with Gasteiger partial charge in [0.2, 0.25) is 0 Å². The SMILES string of the molecule is Cc1cc(C2CN(c3ccnc(C)n3)CCO2)nc(C)n1. The Morgan fingerprint density at radius 3 is 2.76 bits per heavy atom. The molecule has 6 nitrogen and oxygen atoms in total. The van der Waals surface area contributed by atoms with Gasteiger partial charge in [-0.1, -0.05) is 0 Å². The minimum atomic E-state index is -0.0468. The average Bonchev–Trinajstić information content (AvgIpc) is 2.46. The van der Waals surface area contributed by atoms with Crippen molar-refractivity contribution < 1.29 is 4.74 Å². The first-order valence-electron chi connectivity index (χ1n) is 7.10. The fraction of sp³-hybridized carbons (Fsp3) is 0.467. The van der Waals surface area contributed by atoms with Crippen molar-refractivity contribution in [2.75, 3.05) is 24.6 Å². The van der Waals surface area contributed by atoms with Crippen LogP contribution in [0.25, 0.3) is 0 Å². The number of ether oxygens (including phenoxy) is 1. The maximum Gasteiger partial charge on any atom is 0.132 e. The summed E-state index contributed by atoms with van der Waals surface area (Å²) < 4.78 is 5.88. The van der Waals surface area contributed by atoms with E-state index < -0.39 is 0 Å². The molecule has 0 aromatic carbocycles. The second kappa shape index (κ2) is 5.73. The zero-order valence-corrected chi connectivity index (χ0v) is 12.6. The molecule has 0 spiro atoms. The molecule has 0 aliphatic carbocycles. The van der Waals surface area contributed by atoms with Crippen LogP contribution in [0.2, 0.25) is 0 Å². The summed E-state index contributed by atoms with van der Waals surface area (Å²) in [6.45, 7) is 8.02. The van der Waals surface area contributed by atoms with Gasteiger partial charge in [0, 0.05) is 18.4 Å². The third-order valence-electron chi connectivity index (χ3n) is 3.47. The summed E-state index contributed by atoms with van der Waals surface area (Å²) in [7, 11) is 0. The normalized spacial score (nSPS) is 18.8. The van der Waals surface area contributed by atoms with Crippen LogP contribution in [0.5, 0.6) is 0 Å². The first kappa shape index (κ1) is 13.9. The lowest BCUT2D eigenvalue weighted by molar-refractivity contribution is 0.0365. The third-order valence-corrected chi connectivity index (χ3v) is 3.47. The molecule has 3 rings (SSSR count). The molecule has 0 N–H and O–H groups in total. The molecule has 0 radical (unpaired) electrons.